The van der Waals surface area contributed by atoms with Crippen LogP contribution in [0, 0.1) is 13.8 Å². The number of esters is 1. The first-order valence-electron chi connectivity index (χ1n) is 12.8. The summed E-state index contributed by atoms with van der Waals surface area (Å²) < 4.78 is 10.9. The highest BCUT2D eigenvalue weighted by atomic mass is 16.5. The van der Waals surface area contributed by atoms with Crippen LogP contribution in [0.1, 0.15) is 38.8 Å². The maximum absolute atomic E-state index is 12.9. The number of rotatable bonds is 8. The topological polar surface area (TPSA) is 88.2 Å². The van der Waals surface area contributed by atoms with Gasteiger partial charge in [0.1, 0.15) is 5.75 Å². The predicted molar refractivity (Wildman–Crippen MR) is 147 cm³/mol. The minimum absolute atomic E-state index is 0.0000283. The van der Waals surface area contributed by atoms with Gasteiger partial charge >= 0.3 is 5.97 Å². The number of aryl methyl sites for hydroxylation is 2. The lowest BCUT2D eigenvalue weighted by Gasteiger charge is -2.37. The molecule has 0 aromatic heterocycles. The standard InChI is InChI=1S/C30H33N3O5/c1-4-37-30(36)24-10-11-27(32-12-14-33(15-13-32)29(35)23-8-6-5-7-9-23)26(19-24)31-28(34)20-38-25-17-21(2)16-22(3)18-25/h5-11,16-19H,4,12-15,20H2,1-3H3,(H,31,34). The predicted octanol–water partition coefficient (Wildman–Crippen LogP) is 4.46. The third kappa shape index (κ3) is 6.70. The third-order valence-corrected chi connectivity index (χ3v) is 6.28. The summed E-state index contributed by atoms with van der Waals surface area (Å²) in [5.41, 5.74) is 4.37. The molecule has 1 aliphatic rings. The molecule has 1 heterocycles. The summed E-state index contributed by atoms with van der Waals surface area (Å²) in [5.74, 6) is -0.180. The lowest BCUT2D eigenvalue weighted by molar-refractivity contribution is -0.118. The Hall–Kier alpha value is -4.33. The van der Waals surface area contributed by atoms with Crippen LogP contribution in [0.3, 0.4) is 0 Å². The minimum Gasteiger partial charge on any atom is -0.484 e. The van der Waals surface area contributed by atoms with Crippen LogP contribution < -0.4 is 15.0 Å². The lowest BCUT2D eigenvalue weighted by Crippen LogP contribution is -2.49. The Morgan fingerprint density at radius 2 is 1.53 bits per heavy atom. The number of amides is 2. The van der Waals surface area contributed by atoms with Crippen molar-refractivity contribution >= 4 is 29.2 Å². The molecule has 0 bridgehead atoms. The molecule has 3 aromatic carbocycles. The van der Waals surface area contributed by atoms with Gasteiger partial charge in [-0.15, -0.1) is 0 Å². The van der Waals surface area contributed by atoms with E-state index in [4.69, 9.17) is 9.47 Å². The van der Waals surface area contributed by atoms with Gasteiger partial charge in [-0.05, 0) is 74.4 Å². The first kappa shape index (κ1) is 26.7. The Bertz CT molecular complexity index is 1280. The van der Waals surface area contributed by atoms with Gasteiger partial charge in [0, 0.05) is 31.7 Å². The van der Waals surface area contributed by atoms with E-state index in [-0.39, 0.29) is 25.0 Å². The average Bonchev–Trinajstić information content (AvgIpc) is 2.92. The van der Waals surface area contributed by atoms with Crippen LogP contribution in [0.15, 0.2) is 66.7 Å². The van der Waals surface area contributed by atoms with Gasteiger partial charge in [-0.25, -0.2) is 4.79 Å². The smallest absolute Gasteiger partial charge is 0.338 e. The molecule has 3 aromatic rings. The first-order chi connectivity index (χ1) is 18.3. The van der Waals surface area contributed by atoms with E-state index in [0.29, 0.717) is 48.7 Å². The van der Waals surface area contributed by atoms with E-state index in [1.807, 2.05) is 67.3 Å². The summed E-state index contributed by atoms with van der Waals surface area (Å²) in [4.78, 5) is 42.0. The van der Waals surface area contributed by atoms with Gasteiger partial charge in [0.25, 0.3) is 11.8 Å². The Labute approximate surface area is 223 Å². The van der Waals surface area contributed by atoms with E-state index in [1.54, 1.807) is 25.1 Å². The van der Waals surface area contributed by atoms with Crippen LogP contribution in [0.25, 0.3) is 0 Å². The van der Waals surface area contributed by atoms with Crippen LogP contribution in [0.5, 0.6) is 5.75 Å². The number of ether oxygens (including phenoxy) is 2. The molecule has 8 nitrogen and oxygen atoms in total. The van der Waals surface area contributed by atoms with E-state index in [9.17, 15) is 14.4 Å². The van der Waals surface area contributed by atoms with Gasteiger partial charge in [0.15, 0.2) is 6.61 Å². The maximum atomic E-state index is 12.9. The Morgan fingerprint density at radius 1 is 0.842 bits per heavy atom. The average molecular weight is 516 g/mol. The summed E-state index contributed by atoms with van der Waals surface area (Å²) in [7, 11) is 0. The molecule has 1 aliphatic heterocycles. The highest BCUT2D eigenvalue weighted by Gasteiger charge is 2.24. The summed E-state index contributed by atoms with van der Waals surface area (Å²) in [6.45, 7) is 8.01. The molecule has 0 aliphatic carbocycles. The second-order valence-corrected chi connectivity index (χ2v) is 9.26. The number of nitrogens with zero attached hydrogens (tertiary/aromatic N) is 2. The molecule has 1 fully saturated rings. The number of benzene rings is 3. The van der Waals surface area contributed by atoms with E-state index < -0.39 is 5.97 Å². The Kier molecular flexibility index (Phi) is 8.63. The maximum Gasteiger partial charge on any atom is 0.338 e. The van der Waals surface area contributed by atoms with Gasteiger partial charge in [0.05, 0.1) is 23.5 Å². The van der Waals surface area contributed by atoms with Crippen molar-refractivity contribution in [3.05, 3.63) is 89.0 Å². The van der Waals surface area contributed by atoms with Crippen molar-refractivity contribution in [2.45, 2.75) is 20.8 Å². The molecule has 4 rings (SSSR count). The van der Waals surface area contributed by atoms with Gasteiger partial charge in [0.2, 0.25) is 0 Å². The molecule has 0 spiro atoms. The third-order valence-electron chi connectivity index (χ3n) is 6.28. The zero-order valence-electron chi connectivity index (χ0n) is 22.0. The van der Waals surface area contributed by atoms with E-state index >= 15 is 0 Å². The van der Waals surface area contributed by atoms with Gasteiger partial charge in [-0.3, -0.25) is 9.59 Å². The quantitative estimate of drug-likeness (QED) is 0.446. The molecule has 0 unspecified atom stereocenters. The molecule has 0 radical (unpaired) electrons. The highest BCUT2D eigenvalue weighted by Crippen LogP contribution is 2.29. The number of anilines is 2. The van der Waals surface area contributed by atoms with Gasteiger partial charge < -0.3 is 24.6 Å². The van der Waals surface area contributed by atoms with Crippen molar-refractivity contribution in [2.75, 3.05) is 49.6 Å². The number of hydrogen-bond donors (Lipinski definition) is 1. The highest BCUT2D eigenvalue weighted by molar-refractivity contribution is 5.99. The first-order valence-corrected chi connectivity index (χ1v) is 12.8. The van der Waals surface area contributed by atoms with E-state index in [0.717, 1.165) is 16.8 Å². The van der Waals surface area contributed by atoms with Crippen LogP contribution in [-0.4, -0.2) is 62.1 Å². The number of carbonyl (C=O) groups excluding carboxylic acids is 3. The van der Waals surface area contributed by atoms with Crippen molar-refractivity contribution in [3.63, 3.8) is 0 Å². The second kappa shape index (κ2) is 12.3. The molecule has 2 amide bonds. The fraction of sp³-hybridized carbons (Fsp3) is 0.300. The fourth-order valence-corrected chi connectivity index (χ4v) is 4.52. The molecule has 8 heteroatoms. The molecule has 198 valence electrons. The van der Waals surface area contributed by atoms with Crippen molar-refractivity contribution in [2.24, 2.45) is 0 Å². The van der Waals surface area contributed by atoms with Crippen LogP contribution in [-0.2, 0) is 9.53 Å². The fourth-order valence-electron chi connectivity index (χ4n) is 4.52. The molecule has 1 N–H and O–H groups in total. The SMILES string of the molecule is CCOC(=O)c1ccc(N2CCN(C(=O)c3ccccc3)CC2)c(NC(=O)COc2cc(C)cc(C)c2)c1. The number of carbonyl (C=O) groups is 3. The second-order valence-electron chi connectivity index (χ2n) is 9.26. The zero-order chi connectivity index (χ0) is 27.1. The minimum atomic E-state index is -0.459. The van der Waals surface area contributed by atoms with Crippen molar-refractivity contribution in [1.29, 1.82) is 0 Å². The van der Waals surface area contributed by atoms with Crippen molar-refractivity contribution in [1.82, 2.24) is 4.90 Å². The summed E-state index contributed by atoms with van der Waals surface area (Å²) in [6.07, 6.45) is 0. The number of nitrogens with one attached hydrogen (secondary N) is 1. The molecular formula is C30H33N3O5. The summed E-state index contributed by atoms with van der Waals surface area (Å²) in [6, 6.07) is 20.1. The summed E-state index contributed by atoms with van der Waals surface area (Å²) >= 11 is 0. The van der Waals surface area contributed by atoms with Gasteiger partial charge in [-0.1, -0.05) is 24.3 Å². The molecule has 38 heavy (non-hydrogen) atoms. The summed E-state index contributed by atoms with van der Waals surface area (Å²) in [5, 5.41) is 2.91. The number of hydrogen-bond acceptors (Lipinski definition) is 6. The van der Waals surface area contributed by atoms with Gasteiger partial charge in [-0.2, -0.15) is 0 Å². The van der Waals surface area contributed by atoms with E-state index in [2.05, 4.69) is 10.2 Å². The van der Waals surface area contributed by atoms with Crippen molar-refractivity contribution < 1.29 is 23.9 Å². The monoisotopic (exact) mass is 515 g/mol. The Morgan fingerprint density at radius 3 is 2.18 bits per heavy atom. The largest absolute Gasteiger partial charge is 0.484 e. The zero-order valence-corrected chi connectivity index (χ0v) is 22.0. The molecule has 1 saturated heterocycles. The van der Waals surface area contributed by atoms with Crippen LogP contribution in [0.2, 0.25) is 0 Å². The molecule has 0 atom stereocenters. The molecule has 0 saturated carbocycles. The van der Waals surface area contributed by atoms with Crippen LogP contribution in [0.4, 0.5) is 11.4 Å². The lowest BCUT2D eigenvalue weighted by atomic mass is 10.1. The normalized spacial score (nSPS) is 13.1. The Balaban J connectivity index is 1.47. The van der Waals surface area contributed by atoms with Crippen LogP contribution >= 0.6 is 0 Å². The van der Waals surface area contributed by atoms with E-state index in [1.165, 1.54) is 0 Å². The number of piperazine rings is 1. The molecular weight excluding hydrogens is 482 g/mol. The van der Waals surface area contributed by atoms with Crippen molar-refractivity contribution in [3.8, 4) is 5.75 Å².